The van der Waals surface area contributed by atoms with Crippen LogP contribution in [0.2, 0.25) is 0 Å². The van der Waals surface area contributed by atoms with Gasteiger partial charge in [-0.2, -0.15) is 5.10 Å². The van der Waals surface area contributed by atoms with Gasteiger partial charge in [0.2, 0.25) is 5.13 Å². The lowest BCUT2D eigenvalue weighted by Crippen LogP contribution is -2.09. The van der Waals surface area contributed by atoms with Crippen LogP contribution in [0.3, 0.4) is 0 Å². The van der Waals surface area contributed by atoms with Gasteiger partial charge in [-0.1, -0.05) is 59.9 Å². The second-order valence-electron chi connectivity index (χ2n) is 6.22. The summed E-state index contributed by atoms with van der Waals surface area (Å²) in [7, 11) is 0. The molecule has 10 heteroatoms. The summed E-state index contributed by atoms with van der Waals surface area (Å²) in [4.78, 5) is 28.1. The van der Waals surface area contributed by atoms with Crippen LogP contribution in [0.1, 0.15) is 15.2 Å². The number of hydrogen-bond acceptors (Lipinski definition) is 8. The largest absolute Gasteiger partial charge is 0.311 e. The Kier molecular flexibility index (Phi) is 6.11. The van der Waals surface area contributed by atoms with Gasteiger partial charge in [0.25, 0.3) is 11.6 Å². The first-order valence-electron chi connectivity index (χ1n) is 9.05. The SMILES string of the molecule is O=C(Nc1sc(NN=Cc2cccc([N+](=O)[O-])c2)nc1-c1ccccc1)c1cccs1. The molecule has 31 heavy (non-hydrogen) atoms. The van der Waals surface area contributed by atoms with Gasteiger partial charge < -0.3 is 5.32 Å². The lowest BCUT2D eigenvalue weighted by Gasteiger charge is -2.03. The first-order chi connectivity index (χ1) is 15.1. The van der Waals surface area contributed by atoms with E-state index in [2.05, 4.69) is 20.8 Å². The van der Waals surface area contributed by atoms with Crippen molar-refractivity contribution in [2.24, 2.45) is 5.10 Å². The Morgan fingerprint density at radius 1 is 1.10 bits per heavy atom. The standard InChI is InChI=1S/C21H15N5O3S2/c27-19(17-10-5-11-30-17)24-20-18(15-7-2-1-3-8-15)23-21(31-20)25-22-13-14-6-4-9-16(12-14)26(28)29/h1-13H,(H,23,25)(H,24,27). The molecule has 0 spiro atoms. The van der Waals surface area contributed by atoms with E-state index in [0.29, 0.717) is 26.3 Å². The third kappa shape index (κ3) is 5.00. The maximum Gasteiger partial charge on any atom is 0.270 e. The van der Waals surface area contributed by atoms with Gasteiger partial charge in [-0.3, -0.25) is 20.3 Å². The van der Waals surface area contributed by atoms with Gasteiger partial charge in [0.05, 0.1) is 16.0 Å². The highest BCUT2D eigenvalue weighted by Crippen LogP contribution is 2.36. The summed E-state index contributed by atoms with van der Waals surface area (Å²) >= 11 is 2.61. The van der Waals surface area contributed by atoms with Crippen molar-refractivity contribution >= 4 is 50.6 Å². The van der Waals surface area contributed by atoms with E-state index in [4.69, 9.17) is 0 Å². The average Bonchev–Trinajstić information content (AvgIpc) is 3.45. The first-order valence-corrected chi connectivity index (χ1v) is 10.7. The molecule has 4 aromatic rings. The fourth-order valence-corrected chi connectivity index (χ4v) is 4.15. The third-order valence-corrected chi connectivity index (χ3v) is 5.85. The Hall–Kier alpha value is -3.89. The maximum atomic E-state index is 12.5. The van der Waals surface area contributed by atoms with Crippen molar-refractivity contribution in [2.45, 2.75) is 0 Å². The molecule has 2 aromatic heterocycles. The van der Waals surface area contributed by atoms with Gasteiger partial charge in [0.15, 0.2) is 0 Å². The fraction of sp³-hybridized carbons (Fsp3) is 0. The first kappa shape index (κ1) is 20.4. The highest BCUT2D eigenvalue weighted by atomic mass is 32.1. The summed E-state index contributed by atoms with van der Waals surface area (Å²) in [5.41, 5.74) is 4.89. The van der Waals surface area contributed by atoms with Gasteiger partial charge in [-0.15, -0.1) is 11.3 Å². The van der Waals surface area contributed by atoms with Crippen LogP contribution in [0.5, 0.6) is 0 Å². The number of carbonyl (C=O) groups is 1. The second-order valence-corrected chi connectivity index (χ2v) is 8.16. The number of nitro benzene ring substituents is 1. The molecule has 4 rings (SSSR count). The number of nitro groups is 1. The number of anilines is 2. The van der Waals surface area contributed by atoms with Crippen LogP contribution in [-0.2, 0) is 0 Å². The molecule has 154 valence electrons. The molecule has 0 aliphatic carbocycles. The minimum Gasteiger partial charge on any atom is -0.311 e. The number of hydrazone groups is 1. The van der Waals surface area contributed by atoms with E-state index in [1.165, 1.54) is 41.0 Å². The fourth-order valence-electron chi connectivity index (χ4n) is 2.70. The van der Waals surface area contributed by atoms with Crippen molar-refractivity contribution in [1.29, 1.82) is 0 Å². The molecule has 0 aliphatic heterocycles. The van der Waals surface area contributed by atoms with Gasteiger partial charge in [0.1, 0.15) is 10.7 Å². The molecule has 2 aromatic carbocycles. The number of rotatable bonds is 7. The molecule has 0 unspecified atom stereocenters. The number of benzene rings is 2. The lowest BCUT2D eigenvalue weighted by molar-refractivity contribution is -0.384. The molecule has 8 nitrogen and oxygen atoms in total. The van der Waals surface area contributed by atoms with Crippen molar-refractivity contribution in [3.8, 4) is 11.3 Å². The molecule has 2 heterocycles. The van der Waals surface area contributed by atoms with Crippen LogP contribution in [0, 0.1) is 10.1 Å². The van der Waals surface area contributed by atoms with Crippen molar-refractivity contribution in [1.82, 2.24) is 4.98 Å². The van der Waals surface area contributed by atoms with E-state index in [0.717, 1.165) is 5.56 Å². The normalized spacial score (nSPS) is 10.8. The third-order valence-electron chi connectivity index (χ3n) is 4.10. The zero-order chi connectivity index (χ0) is 21.6. The van der Waals surface area contributed by atoms with Gasteiger partial charge in [-0.25, -0.2) is 4.98 Å². The van der Waals surface area contributed by atoms with Crippen LogP contribution >= 0.6 is 22.7 Å². The molecule has 1 amide bonds. The molecular formula is C21H15N5O3S2. The molecule has 0 saturated heterocycles. The van der Waals surface area contributed by atoms with Crippen LogP contribution in [0.25, 0.3) is 11.3 Å². The Morgan fingerprint density at radius 2 is 1.94 bits per heavy atom. The number of nitrogens with one attached hydrogen (secondary N) is 2. The van der Waals surface area contributed by atoms with Crippen molar-refractivity contribution in [3.63, 3.8) is 0 Å². The van der Waals surface area contributed by atoms with E-state index < -0.39 is 4.92 Å². The monoisotopic (exact) mass is 449 g/mol. The zero-order valence-electron chi connectivity index (χ0n) is 15.9. The van der Waals surface area contributed by atoms with Crippen LogP contribution in [-0.4, -0.2) is 22.0 Å². The number of amides is 1. The second kappa shape index (κ2) is 9.28. The summed E-state index contributed by atoms with van der Waals surface area (Å²) in [6, 6.07) is 19.2. The maximum absolute atomic E-state index is 12.5. The number of aromatic nitrogens is 1. The van der Waals surface area contributed by atoms with E-state index >= 15 is 0 Å². The van der Waals surface area contributed by atoms with E-state index in [1.54, 1.807) is 18.2 Å². The molecule has 2 N–H and O–H groups in total. The van der Waals surface area contributed by atoms with Crippen LogP contribution in [0.4, 0.5) is 15.8 Å². The Labute approximate surface area is 185 Å². The summed E-state index contributed by atoms with van der Waals surface area (Å²) in [5, 5.41) is 20.9. The Morgan fingerprint density at radius 3 is 2.68 bits per heavy atom. The smallest absolute Gasteiger partial charge is 0.270 e. The van der Waals surface area contributed by atoms with Crippen molar-refractivity contribution in [2.75, 3.05) is 10.7 Å². The number of carbonyl (C=O) groups excluding carboxylic acids is 1. The van der Waals surface area contributed by atoms with E-state index in [1.807, 2.05) is 41.8 Å². The molecular weight excluding hydrogens is 434 g/mol. The minimum atomic E-state index is -0.458. The molecule has 0 atom stereocenters. The van der Waals surface area contributed by atoms with Crippen molar-refractivity contribution < 1.29 is 9.72 Å². The Bertz CT molecular complexity index is 1240. The predicted molar refractivity (Wildman–Crippen MR) is 124 cm³/mol. The zero-order valence-corrected chi connectivity index (χ0v) is 17.5. The number of nitrogens with zero attached hydrogens (tertiary/aromatic N) is 3. The molecule has 0 radical (unpaired) electrons. The summed E-state index contributed by atoms with van der Waals surface area (Å²) < 4.78 is 0. The average molecular weight is 450 g/mol. The quantitative estimate of drug-likeness (QED) is 0.221. The van der Waals surface area contributed by atoms with E-state index in [-0.39, 0.29) is 11.6 Å². The predicted octanol–water partition coefficient (Wildman–Crippen LogP) is 5.48. The van der Waals surface area contributed by atoms with E-state index in [9.17, 15) is 14.9 Å². The number of thiophene rings is 1. The number of non-ortho nitro benzene ring substituents is 1. The highest BCUT2D eigenvalue weighted by molar-refractivity contribution is 7.20. The number of hydrogen-bond donors (Lipinski definition) is 2. The van der Waals surface area contributed by atoms with Gasteiger partial charge in [-0.05, 0) is 11.4 Å². The molecule has 0 fully saturated rings. The van der Waals surface area contributed by atoms with Crippen LogP contribution < -0.4 is 10.7 Å². The molecule has 0 bridgehead atoms. The highest BCUT2D eigenvalue weighted by Gasteiger charge is 2.17. The summed E-state index contributed by atoms with van der Waals surface area (Å²) in [6.45, 7) is 0. The van der Waals surface area contributed by atoms with Crippen LogP contribution in [0.15, 0.2) is 77.2 Å². The summed E-state index contributed by atoms with van der Waals surface area (Å²) in [6.07, 6.45) is 1.47. The topological polar surface area (TPSA) is 110 Å². The van der Waals surface area contributed by atoms with Crippen molar-refractivity contribution in [3.05, 3.63) is 92.7 Å². The Balaban J connectivity index is 1.57. The number of thiazole rings is 1. The molecule has 0 aliphatic rings. The van der Waals surface area contributed by atoms with Gasteiger partial charge in [0, 0.05) is 23.3 Å². The minimum absolute atomic E-state index is 0.0110. The lowest BCUT2D eigenvalue weighted by atomic mass is 10.2. The molecule has 0 saturated carbocycles. The van der Waals surface area contributed by atoms with Gasteiger partial charge >= 0.3 is 0 Å². The summed E-state index contributed by atoms with van der Waals surface area (Å²) in [5.74, 6) is -0.206.